The van der Waals surface area contributed by atoms with Crippen LogP contribution in [0.25, 0.3) is 10.8 Å². The van der Waals surface area contributed by atoms with Crippen molar-refractivity contribution in [3.8, 4) is 0 Å². The molecule has 8 nitrogen and oxygen atoms in total. The highest BCUT2D eigenvalue weighted by Crippen LogP contribution is 2.51. The molecule has 0 radical (unpaired) electrons. The SMILES string of the molecule is O=c1oc(CO[C@H]2[C@@H]3OC4(CCCCC4)O[C@@H]3CO[C@]23COC2(CCCCC2)O3)cc2ccccc12. The second kappa shape index (κ2) is 8.89. The standard InChI is InChI=1S/C28H34O8/c29-25-21-10-4-3-9-19(21)15-20(33-25)16-30-24-23-22(34-27(35-23)13-7-2-8-14-27)17-31-28(24)18-32-26(36-28)11-5-1-6-12-26/h3-4,9-10,15,22-24H,1-2,5-8,11-14,16-18H2/t22-,23-,24+,28+/m1/s1. The molecule has 194 valence electrons. The van der Waals surface area contributed by atoms with Gasteiger partial charge in [-0.2, -0.15) is 0 Å². The van der Waals surface area contributed by atoms with E-state index in [2.05, 4.69) is 0 Å². The Balaban J connectivity index is 1.19. The number of hydrogen-bond donors (Lipinski definition) is 0. The van der Waals surface area contributed by atoms with Gasteiger partial charge in [-0.1, -0.05) is 31.0 Å². The molecule has 7 rings (SSSR count). The molecule has 4 atom stereocenters. The van der Waals surface area contributed by atoms with Gasteiger partial charge in [0.25, 0.3) is 0 Å². The third-order valence-corrected chi connectivity index (χ3v) is 8.56. The minimum Gasteiger partial charge on any atom is -0.425 e. The summed E-state index contributed by atoms with van der Waals surface area (Å²) in [6.45, 7) is 0.738. The predicted molar refractivity (Wildman–Crippen MR) is 128 cm³/mol. The molecule has 2 saturated carbocycles. The van der Waals surface area contributed by atoms with E-state index in [4.69, 9.17) is 32.8 Å². The van der Waals surface area contributed by atoms with Gasteiger partial charge in [-0.25, -0.2) is 4.79 Å². The molecule has 5 fully saturated rings. The van der Waals surface area contributed by atoms with E-state index in [-0.39, 0.29) is 31.0 Å². The Morgan fingerprint density at radius 1 is 0.889 bits per heavy atom. The fraction of sp³-hybridized carbons (Fsp3) is 0.679. The Labute approximate surface area is 210 Å². The van der Waals surface area contributed by atoms with Gasteiger partial charge >= 0.3 is 5.63 Å². The van der Waals surface area contributed by atoms with Gasteiger partial charge < -0.3 is 32.8 Å². The fourth-order valence-corrected chi connectivity index (χ4v) is 6.77. The zero-order chi connectivity index (χ0) is 24.2. The summed E-state index contributed by atoms with van der Waals surface area (Å²) in [6, 6.07) is 9.25. The Kier molecular flexibility index (Phi) is 5.76. The van der Waals surface area contributed by atoms with Crippen LogP contribution in [0.15, 0.2) is 39.5 Å². The van der Waals surface area contributed by atoms with Crippen LogP contribution in [0.4, 0.5) is 0 Å². The number of ether oxygens (including phenoxy) is 6. The number of rotatable bonds is 3. The summed E-state index contributed by atoms with van der Waals surface area (Å²) in [5, 5.41) is 1.38. The van der Waals surface area contributed by atoms with Crippen molar-refractivity contribution >= 4 is 10.8 Å². The van der Waals surface area contributed by atoms with Crippen LogP contribution in [0, 0.1) is 0 Å². The molecule has 1 aromatic carbocycles. The van der Waals surface area contributed by atoms with Crippen molar-refractivity contribution in [2.75, 3.05) is 13.2 Å². The van der Waals surface area contributed by atoms with Crippen molar-refractivity contribution in [3.05, 3.63) is 46.5 Å². The molecule has 0 unspecified atom stereocenters. The van der Waals surface area contributed by atoms with Gasteiger partial charge in [-0.15, -0.1) is 0 Å². The van der Waals surface area contributed by atoms with Crippen molar-refractivity contribution < 1.29 is 32.8 Å². The first-order chi connectivity index (χ1) is 17.6. The lowest BCUT2D eigenvalue weighted by Crippen LogP contribution is -2.63. The normalized spacial score (nSPS) is 35.1. The minimum absolute atomic E-state index is 0.0891. The van der Waals surface area contributed by atoms with E-state index >= 15 is 0 Å². The second-order valence-corrected chi connectivity index (χ2v) is 11.0. The van der Waals surface area contributed by atoms with Crippen molar-refractivity contribution in [2.24, 2.45) is 0 Å². The van der Waals surface area contributed by atoms with Gasteiger partial charge in [0.1, 0.15) is 37.3 Å². The fourth-order valence-electron chi connectivity index (χ4n) is 6.77. The molecular weight excluding hydrogens is 464 g/mol. The van der Waals surface area contributed by atoms with Crippen molar-refractivity contribution in [1.29, 1.82) is 0 Å². The van der Waals surface area contributed by atoms with E-state index in [1.165, 1.54) is 12.8 Å². The van der Waals surface area contributed by atoms with Gasteiger partial charge in [-0.3, -0.25) is 0 Å². The third kappa shape index (κ3) is 3.94. The monoisotopic (exact) mass is 498 g/mol. The number of benzene rings is 1. The molecule has 3 saturated heterocycles. The molecule has 3 spiro atoms. The highest BCUT2D eigenvalue weighted by Gasteiger charge is 2.65. The van der Waals surface area contributed by atoms with Crippen LogP contribution in [0.1, 0.15) is 70.0 Å². The van der Waals surface area contributed by atoms with Gasteiger partial charge in [-0.05, 0) is 43.2 Å². The van der Waals surface area contributed by atoms with E-state index in [1.54, 1.807) is 6.07 Å². The van der Waals surface area contributed by atoms with Gasteiger partial charge in [0.05, 0.1) is 12.0 Å². The summed E-state index contributed by atoms with van der Waals surface area (Å²) in [6.07, 6.45) is 8.95. The molecule has 0 N–H and O–H groups in total. The highest BCUT2D eigenvalue weighted by molar-refractivity contribution is 5.81. The van der Waals surface area contributed by atoms with Gasteiger partial charge in [0.2, 0.25) is 5.79 Å². The molecule has 3 aliphatic heterocycles. The highest BCUT2D eigenvalue weighted by atomic mass is 16.9. The second-order valence-electron chi connectivity index (χ2n) is 11.0. The molecule has 2 aromatic rings. The van der Waals surface area contributed by atoms with Crippen LogP contribution in [-0.2, 0) is 35.0 Å². The molecular formula is C28H34O8. The van der Waals surface area contributed by atoms with Crippen molar-refractivity contribution in [3.63, 3.8) is 0 Å². The Hall–Kier alpha value is -1.81. The first-order valence-corrected chi connectivity index (χ1v) is 13.5. The largest absolute Gasteiger partial charge is 0.425 e. The maximum Gasteiger partial charge on any atom is 0.343 e. The lowest BCUT2D eigenvalue weighted by Gasteiger charge is -2.44. The van der Waals surface area contributed by atoms with E-state index in [0.717, 1.165) is 56.8 Å². The summed E-state index contributed by atoms with van der Waals surface area (Å²) >= 11 is 0. The van der Waals surface area contributed by atoms with Crippen LogP contribution < -0.4 is 5.63 Å². The number of fused-ring (bicyclic) bond motifs is 2. The number of hydrogen-bond acceptors (Lipinski definition) is 8. The summed E-state index contributed by atoms with van der Waals surface area (Å²) in [7, 11) is 0. The average molecular weight is 499 g/mol. The summed E-state index contributed by atoms with van der Waals surface area (Å²) < 4.78 is 44.8. The van der Waals surface area contributed by atoms with Gasteiger partial charge in [0, 0.05) is 25.7 Å². The molecule has 5 aliphatic rings. The zero-order valence-electron chi connectivity index (χ0n) is 20.6. The van der Waals surface area contributed by atoms with Crippen molar-refractivity contribution in [2.45, 2.75) is 106 Å². The quantitative estimate of drug-likeness (QED) is 0.609. The Morgan fingerprint density at radius 3 is 2.44 bits per heavy atom. The lowest BCUT2D eigenvalue weighted by molar-refractivity contribution is -0.345. The summed E-state index contributed by atoms with van der Waals surface area (Å²) in [5.41, 5.74) is -0.373. The average Bonchev–Trinajstić information content (AvgIpc) is 3.43. The maximum absolute atomic E-state index is 12.6. The predicted octanol–water partition coefficient (Wildman–Crippen LogP) is 4.56. The van der Waals surface area contributed by atoms with Crippen LogP contribution in [0.3, 0.4) is 0 Å². The van der Waals surface area contributed by atoms with E-state index in [0.29, 0.717) is 17.8 Å². The van der Waals surface area contributed by atoms with E-state index in [9.17, 15) is 4.79 Å². The van der Waals surface area contributed by atoms with E-state index < -0.39 is 23.5 Å². The molecule has 0 amide bonds. The topological polar surface area (TPSA) is 85.6 Å². The summed E-state index contributed by atoms with van der Waals surface area (Å²) in [4.78, 5) is 12.6. The minimum atomic E-state index is -1.08. The van der Waals surface area contributed by atoms with Crippen LogP contribution in [0.5, 0.6) is 0 Å². The molecule has 36 heavy (non-hydrogen) atoms. The lowest BCUT2D eigenvalue weighted by atomic mass is 9.93. The smallest absolute Gasteiger partial charge is 0.343 e. The van der Waals surface area contributed by atoms with Gasteiger partial charge in [0.15, 0.2) is 11.6 Å². The Morgan fingerprint density at radius 2 is 1.64 bits per heavy atom. The molecule has 1 aromatic heterocycles. The first-order valence-electron chi connectivity index (χ1n) is 13.5. The Bertz CT molecular complexity index is 1150. The molecule has 0 bridgehead atoms. The first kappa shape index (κ1) is 23.3. The van der Waals surface area contributed by atoms with Crippen molar-refractivity contribution in [1.82, 2.24) is 0 Å². The third-order valence-electron chi connectivity index (χ3n) is 8.56. The zero-order valence-corrected chi connectivity index (χ0v) is 20.6. The molecule has 8 heteroatoms. The van der Waals surface area contributed by atoms with Crippen LogP contribution in [-0.4, -0.2) is 48.9 Å². The molecule has 4 heterocycles. The molecule has 2 aliphatic carbocycles. The van der Waals surface area contributed by atoms with E-state index in [1.807, 2.05) is 24.3 Å². The van der Waals surface area contributed by atoms with Crippen LogP contribution >= 0.6 is 0 Å². The van der Waals surface area contributed by atoms with Crippen LogP contribution in [0.2, 0.25) is 0 Å². The summed E-state index contributed by atoms with van der Waals surface area (Å²) in [5.74, 6) is -1.85. The maximum atomic E-state index is 12.6.